The summed E-state index contributed by atoms with van der Waals surface area (Å²) < 4.78 is 0.995. The van der Waals surface area contributed by atoms with Crippen LogP contribution in [0.2, 0.25) is 5.15 Å². The number of hydrogen-bond donors (Lipinski definition) is 1. The van der Waals surface area contributed by atoms with Crippen molar-refractivity contribution in [3.05, 3.63) is 42.4 Å². The van der Waals surface area contributed by atoms with E-state index in [-0.39, 0.29) is 16.7 Å². The summed E-state index contributed by atoms with van der Waals surface area (Å²) in [4.78, 5) is 18.7. The van der Waals surface area contributed by atoms with Gasteiger partial charge < -0.3 is 5.32 Å². The second-order valence-electron chi connectivity index (χ2n) is 3.18. The molecule has 0 aromatic carbocycles. The molecule has 0 aliphatic carbocycles. The van der Waals surface area contributed by atoms with Crippen LogP contribution >= 0.6 is 38.9 Å². The van der Waals surface area contributed by atoms with Crippen molar-refractivity contribution in [1.82, 2.24) is 9.97 Å². The fourth-order valence-electron chi connectivity index (χ4n) is 1.27. The average Bonchev–Trinajstić information content (AvgIpc) is 2.72. The number of anilines is 1. The quantitative estimate of drug-likeness (QED) is 0.519. The zero-order valence-electron chi connectivity index (χ0n) is 8.76. The van der Waals surface area contributed by atoms with E-state index in [1.807, 2.05) is 12.1 Å². The lowest BCUT2D eigenvalue weighted by molar-refractivity contribution is -0.384. The minimum Gasteiger partial charge on any atom is -0.359 e. The highest BCUT2D eigenvalue weighted by Crippen LogP contribution is 2.29. The lowest BCUT2D eigenvalue weighted by Gasteiger charge is -2.04. The molecule has 0 saturated carbocycles. The van der Waals surface area contributed by atoms with E-state index in [4.69, 9.17) is 11.6 Å². The number of aromatic nitrogens is 2. The predicted octanol–water partition coefficient (Wildman–Crippen LogP) is 3.47. The zero-order chi connectivity index (χ0) is 13.1. The van der Waals surface area contributed by atoms with Crippen LogP contribution in [0, 0.1) is 10.1 Å². The van der Waals surface area contributed by atoms with Gasteiger partial charge in [-0.05, 0) is 28.1 Å². The van der Waals surface area contributed by atoms with Gasteiger partial charge in [0.25, 0.3) is 0 Å². The number of nitrogens with one attached hydrogen (secondary N) is 1. The van der Waals surface area contributed by atoms with E-state index in [9.17, 15) is 10.1 Å². The van der Waals surface area contributed by atoms with Gasteiger partial charge in [-0.15, -0.1) is 11.3 Å². The first-order valence-electron chi connectivity index (χ1n) is 4.71. The van der Waals surface area contributed by atoms with Crippen molar-refractivity contribution >= 4 is 50.4 Å². The van der Waals surface area contributed by atoms with E-state index < -0.39 is 4.92 Å². The summed E-state index contributed by atoms with van der Waals surface area (Å²) in [6.07, 6.45) is 1.18. The number of halogens is 2. The largest absolute Gasteiger partial charge is 0.359 e. The first-order chi connectivity index (χ1) is 8.58. The van der Waals surface area contributed by atoms with Crippen molar-refractivity contribution in [2.24, 2.45) is 0 Å². The van der Waals surface area contributed by atoms with Crippen LogP contribution in [0.4, 0.5) is 11.5 Å². The van der Waals surface area contributed by atoms with E-state index in [2.05, 4.69) is 31.2 Å². The minimum absolute atomic E-state index is 0.115. The standard InChI is InChI=1S/C9H6BrClN4O2S/c10-6-2-1-5(18-6)3-12-9-7(15(16)17)8(11)13-4-14-9/h1-2,4H,3H2,(H,12,13,14). The molecule has 0 spiro atoms. The Morgan fingerprint density at radius 1 is 1.50 bits per heavy atom. The van der Waals surface area contributed by atoms with Gasteiger partial charge in [0.05, 0.1) is 15.3 Å². The minimum atomic E-state index is -0.602. The third kappa shape index (κ3) is 2.95. The second-order valence-corrected chi connectivity index (χ2v) is 6.08. The topological polar surface area (TPSA) is 81.0 Å². The Hall–Kier alpha value is -1.25. The molecule has 0 aliphatic rings. The summed E-state index contributed by atoms with van der Waals surface area (Å²) in [5.41, 5.74) is -0.310. The molecule has 94 valence electrons. The Balaban J connectivity index is 2.19. The highest BCUT2D eigenvalue weighted by molar-refractivity contribution is 9.11. The molecular formula is C9H6BrClN4O2S. The molecule has 0 aliphatic heterocycles. The van der Waals surface area contributed by atoms with Gasteiger partial charge in [-0.25, -0.2) is 9.97 Å². The molecule has 0 amide bonds. The molecular weight excluding hydrogens is 344 g/mol. The first kappa shape index (κ1) is 13.2. The molecule has 2 aromatic rings. The molecule has 2 rings (SSSR count). The molecule has 6 nitrogen and oxygen atoms in total. The maximum atomic E-state index is 10.9. The smallest absolute Gasteiger partial charge is 0.348 e. The van der Waals surface area contributed by atoms with Crippen LogP contribution in [0.5, 0.6) is 0 Å². The number of nitrogens with zero attached hydrogens (tertiary/aromatic N) is 3. The van der Waals surface area contributed by atoms with Gasteiger partial charge in [0.15, 0.2) is 0 Å². The molecule has 1 N–H and O–H groups in total. The summed E-state index contributed by atoms with van der Waals surface area (Å²) in [5, 5.41) is 13.6. The van der Waals surface area contributed by atoms with Crippen LogP contribution < -0.4 is 5.32 Å². The van der Waals surface area contributed by atoms with Gasteiger partial charge in [0, 0.05) is 4.88 Å². The first-order valence-corrected chi connectivity index (χ1v) is 6.69. The molecule has 2 heterocycles. The molecule has 0 fully saturated rings. The van der Waals surface area contributed by atoms with Crippen LogP contribution in [0.1, 0.15) is 4.88 Å². The lowest BCUT2D eigenvalue weighted by Crippen LogP contribution is -2.05. The Morgan fingerprint density at radius 3 is 2.89 bits per heavy atom. The molecule has 0 saturated heterocycles. The number of nitro groups is 1. The van der Waals surface area contributed by atoms with Gasteiger partial charge in [-0.3, -0.25) is 10.1 Å². The molecule has 9 heteroatoms. The van der Waals surface area contributed by atoms with Crippen LogP contribution in [-0.2, 0) is 6.54 Å². The Morgan fingerprint density at radius 2 is 2.28 bits per heavy atom. The van der Waals surface area contributed by atoms with Gasteiger partial charge in [-0.2, -0.15) is 0 Å². The maximum Gasteiger partial charge on any atom is 0.348 e. The number of hydrogen-bond acceptors (Lipinski definition) is 6. The molecule has 18 heavy (non-hydrogen) atoms. The summed E-state index contributed by atoms with van der Waals surface area (Å²) in [6, 6.07) is 3.82. The Bertz CT molecular complexity index is 592. The molecule has 0 bridgehead atoms. The van der Waals surface area contributed by atoms with E-state index in [0.29, 0.717) is 6.54 Å². The molecule has 0 radical (unpaired) electrons. The lowest BCUT2D eigenvalue weighted by atomic mass is 10.4. The summed E-state index contributed by atoms with van der Waals surface area (Å²) >= 11 is 10.5. The SMILES string of the molecule is O=[N+]([O-])c1c(Cl)ncnc1NCc1ccc(Br)s1. The third-order valence-electron chi connectivity index (χ3n) is 2.02. The van der Waals surface area contributed by atoms with Crippen LogP contribution in [0.25, 0.3) is 0 Å². The van der Waals surface area contributed by atoms with Crippen molar-refractivity contribution < 1.29 is 4.92 Å². The van der Waals surface area contributed by atoms with Gasteiger partial charge in [0.2, 0.25) is 11.0 Å². The summed E-state index contributed by atoms with van der Waals surface area (Å²) in [5.74, 6) is 0.115. The normalized spacial score (nSPS) is 10.3. The van der Waals surface area contributed by atoms with Crippen molar-refractivity contribution in [3.63, 3.8) is 0 Å². The van der Waals surface area contributed by atoms with Crippen molar-refractivity contribution in [2.45, 2.75) is 6.54 Å². The summed E-state index contributed by atoms with van der Waals surface area (Å²) in [7, 11) is 0. The van der Waals surface area contributed by atoms with Crippen LogP contribution in [0.15, 0.2) is 22.2 Å². The van der Waals surface area contributed by atoms with E-state index in [1.54, 1.807) is 0 Å². The van der Waals surface area contributed by atoms with Gasteiger partial charge in [0.1, 0.15) is 6.33 Å². The highest BCUT2D eigenvalue weighted by Gasteiger charge is 2.21. The van der Waals surface area contributed by atoms with Gasteiger partial charge >= 0.3 is 5.69 Å². The summed E-state index contributed by atoms with van der Waals surface area (Å²) in [6.45, 7) is 0.435. The van der Waals surface area contributed by atoms with Crippen molar-refractivity contribution in [1.29, 1.82) is 0 Å². The highest BCUT2D eigenvalue weighted by atomic mass is 79.9. The fraction of sp³-hybridized carbons (Fsp3) is 0.111. The third-order valence-corrected chi connectivity index (χ3v) is 3.92. The molecule has 2 aromatic heterocycles. The second kappa shape index (κ2) is 5.59. The van der Waals surface area contributed by atoms with Gasteiger partial charge in [-0.1, -0.05) is 11.6 Å². The molecule has 0 atom stereocenters. The van der Waals surface area contributed by atoms with E-state index in [0.717, 1.165) is 8.66 Å². The molecule has 0 unspecified atom stereocenters. The van der Waals surface area contributed by atoms with Crippen molar-refractivity contribution in [2.75, 3.05) is 5.32 Å². The van der Waals surface area contributed by atoms with E-state index in [1.165, 1.54) is 17.7 Å². The zero-order valence-corrected chi connectivity index (χ0v) is 11.9. The number of thiophene rings is 1. The van der Waals surface area contributed by atoms with Crippen molar-refractivity contribution in [3.8, 4) is 0 Å². The predicted molar refractivity (Wildman–Crippen MR) is 73.0 cm³/mol. The monoisotopic (exact) mass is 348 g/mol. The Labute approximate surface area is 119 Å². The van der Waals surface area contributed by atoms with Crippen LogP contribution in [-0.4, -0.2) is 14.9 Å². The fourth-order valence-corrected chi connectivity index (χ4v) is 2.89. The van der Waals surface area contributed by atoms with Crippen LogP contribution in [0.3, 0.4) is 0 Å². The van der Waals surface area contributed by atoms with E-state index >= 15 is 0 Å². The number of rotatable bonds is 4. The maximum absolute atomic E-state index is 10.9. The Kier molecular flexibility index (Phi) is 4.10. The average molecular weight is 350 g/mol.